The second kappa shape index (κ2) is 4.74. The lowest BCUT2D eigenvalue weighted by Gasteiger charge is -2.03. The van der Waals surface area contributed by atoms with Crippen LogP contribution >= 0.6 is 0 Å². The van der Waals surface area contributed by atoms with Crippen LogP contribution in [0.25, 0.3) is 0 Å². The fourth-order valence-electron chi connectivity index (χ4n) is 0.947. The van der Waals surface area contributed by atoms with E-state index in [2.05, 4.69) is 9.98 Å². The smallest absolute Gasteiger partial charge is 0.0967 e. The van der Waals surface area contributed by atoms with Crippen LogP contribution in [0.15, 0.2) is 23.3 Å². The maximum absolute atomic E-state index is 5.72. The van der Waals surface area contributed by atoms with Gasteiger partial charge in [-0.1, -0.05) is 19.9 Å². The van der Waals surface area contributed by atoms with Gasteiger partial charge in [0.1, 0.15) is 0 Å². The molecule has 2 N–H and O–H groups in total. The van der Waals surface area contributed by atoms with Crippen LogP contribution in [0.1, 0.15) is 25.1 Å². The van der Waals surface area contributed by atoms with Gasteiger partial charge < -0.3 is 5.73 Å². The molecule has 1 rings (SSSR count). The minimum Gasteiger partial charge on any atom is -0.387 e. The molecule has 0 saturated carbocycles. The molecule has 3 nitrogen and oxygen atoms in total. The molecule has 0 bridgehead atoms. The van der Waals surface area contributed by atoms with Gasteiger partial charge >= 0.3 is 0 Å². The highest BCUT2D eigenvalue weighted by Crippen LogP contribution is 2.01. The summed E-state index contributed by atoms with van der Waals surface area (Å²) in [5.74, 6) is 0.993. The Morgan fingerprint density at radius 2 is 2.21 bits per heavy atom. The van der Waals surface area contributed by atoms with E-state index in [1.54, 1.807) is 0 Å². The highest BCUT2D eigenvalue weighted by atomic mass is 14.9. The third kappa shape index (κ3) is 3.17. The summed E-state index contributed by atoms with van der Waals surface area (Å²) in [5.41, 5.74) is 7.84. The van der Waals surface area contributed by atoms with Gasteiger partial charge in [-0.05, 0) is 18.6 Å². The molecule has 0 atom stereocenters. The third-order valence-electron chi connectivity index (χ3n) is 1.99. The molecule has 0 aliphatic heterocycles. The average Bonchev–Trinajstić information content (AvgIpc) is 2.16. The van der Waals surface area contributed by atoms with Crippen LogP contribution in [-0.2, 0) is 6.54 Å². The molecule has 0 radical (unpaired) electrons. The first-order valence-electron chi connectivity index (χ1n) is 4.81. The Balaban J connectivity index is 2.62. The normalized spacial score (nSPS) is 12.1. The highest BCUT2D eigenvalue weighted by molar-refractivity contribution is 5.82. The van der Waals surface area contributed by atoms with Crippen molar-refractivity contribution in [2.45, 2.75) is 27.3 Å². The van der Waals surface area contributed by atoms with Gasteiger partial charge in [-0.2, -0.15) is 0 Å². The van der Waals surface area contributed by atoms with Gasteiger partial charge in [-0.15, -0.1) is 0 Å². The second-order valence-corrected chi connectivity index (χ2v) is 3.72. The minimum absolute atomic E-state index is 0.306. The van der Waals surface area contributed by atoms with Crippen molar-refractivity contribution in [3.63, 3.8) is 0 Å². The van der Waals surface area contributed by atoms with Crippen molar-refractivity contribution in [2.24, 2.45) is 16.6 Å². The van der Waals surface area contributed by atoms with Gasteiger partial charge in [-0.3, -0.25) is 9.98 Å². The first-order chi connectivity index (χ1) is 6.59. The maximum atomic E-state index is 5.72. The Labute approximate surface area is 85.1 Å². The number of hydrogen-bond acceptors (Lipinski definition) is 2. The first kappa shape index (κ1) is 10.7. The van der Waals surface area contributed by atoms with Gasteiger partial charge in [0.2, 0.25) is 0 Å². The van der Waals surface area contributed by atoms with Crippen LogP contribution < -0.4 is 5.73 Å². The molecule has 14 heavy (non-hydrogen) atoms. The summed E-state index contributed by atoms with van der Waals surface area (Å²) in [6.45, 7) is 6.65. The number of aliphatic imine (C=N–C) groups is 1. The average molecular weight is 191 g/mol. The Bertz CT molecular complexity index is 312. The molecular weight excluding hydrogens is 174 g/mol. The molecule has 0 aliphatic carbocycles. The number of aryl methyl sites for hydroxylation is 1. The minimum atomic E-state index is 0.306. The Kier molecular flexibility index (Phi) is 3.63. The largest absolute Gasteiger partial charge is 0.387 e. The lowest BCUT2D eigenvalue weighted by Crippen LogP contribution is -2.18. The molecule has 1 heterocycles. The number of amidine groups is 1. The van der Waals surface area contributed by atoms with Crippen molar-refractivity contribution >= 4 is 5.84 Å². The molecule has 0 fully saturated rings. The van der Waals surface area contributed by atoms with E-state index < -0.39 is 0 Å². The van der Waals surface area contributed by atoms with E-state index in [0.29, 0.717) is 18.3 Å². The summed E-state index contributed by atoms with van der Waals surface area (Å²) < 4.78 is 0. The van der Waals surface area contributed by atoms with Crippen molar-refractivity contribution in [3.05, 3.63) is 29.6 Å². The zero-order valence-corrected chi connectivity index (χ0v) is 8.99. The fourth-order valence-corrected chi connectivity index (χ4v) is 0.947. The molecule has 0 saturated heterocycles. The standard InChI is InChI=1S/C11H17N3/c1-8(2)11(12)14-7-10-5-4-9(3)6-13-10/h4-6,8H,7H2,1-3H3,(H2,12,14). The monoisotopic (exact) mass is 191 g/mol. The molecule has 0 amide bonds. The van der Waals surface area contributed by atoms with Crippen molar-refractivity contribution < 1.29 is 0 Å². The molecule has 0 aliphatic rings. The number of hydrogen-bond donors (Lipinski definition) is 1. The predicted molar refractivity (Wildman–Crippen MR) is 59.1 cm³/mol. The van der Waals surface area contributed by atoms with Gasteiger partial charge in [-0.25, -0.2) is 0 Å². The molecule has 0 spiro atoms. The summed E-state index contributed by atoms with van der Waals surface area (Å²) in [7, 11) is 0. The van der Waals surface area contributed by atoms with Gasteiger partial charge in [0.15, 0.2) is 0 Å². The van der Waals surface area contributed by atoms with Crippen LogP contribution in [0, 0.1) is 12.8 Å². The molecule has 1 aromatic heterocycles. The summed E-state index contributed by atoms with van der Waals surface area (Å²) in [5, 5.41) is 0. The quantitative estimate of drug-likeness (QED) is 0.586. The number of nitrogens with two attached hydrogens (primary N) is 1. The molecule has 76 valence electrons. The van der Waals surface area contributed by atoms with E-state index in [-0.39, 0.29) is 0 Å². The highest BCUT2D eigenvalue weighted by Gasteiger charge is 1.98. The summed E-state index contributed by atoms with van der Waals surface area (Å²) in [6, 6.07) is 4.01. The number of pyridine rings is 1. The zero-order chi connectivity index (χ0) is 10.6. The lowest BCUT2D eigenvalue weighted by molar-refractivity contribution is 0.849. The lowest BCUT2D eigenvalue weighted by atomic mass is 10.2. The van der Waals surface area contributed by atoms with Crippen LogP contribution in [0.2, 0.25) is 0 Å². The van der Waals surface area contributed by atoms with Crippen molar-refractivity contribution in [2.75, 3.05) is 0 Å². The van der Waals surface area contributed by atoms with E-state index in [9.17, 15) is 0 Å². The van der Waals surface area contributed by atoms with Crippen LogP contribution in [0.5, 0.6) is 0 Å². The van der Waals surface area contributed by atoms with Gasteiger partial charge in [0, 0.05) is 12.1 Å². The van der Waals surface area contributed by atoms with E-state index in [1.807, 2.05) is 39.1 Å². The molecular formula is C11H17N3. The van der Waals surface area contributed by atoms with Crippen molar-refractivity contribution in [3.8, 4) is 0 Å². The Hall–Kier alpha value is -1.38. The van der Waals surface area contributed by atoms with Crippen molar-refractivity contribution in [1.82, 2.24) is 4.98 Å². The van der Waals surface area contributed by atoms with Crippen molar-refractivity contribution in [1.29, 1.82) is 0 Å². The summed E-state index contributed by atoms with van der Waals surface area (Å²) in [6.07, 6.45) is 1.84. The van der Waals surface area contributed by atoms with Crippen LogP contribution in [0.4, 0.5) is 0 Å². The maximum Gasteiger partial charge on any atom is 0.0967 e. The molecule has 1 aromatic rings. The zero-order valence-electron chi connectivity index (χ0n) is 8.99. The third-order valence-corrected chi connectivity index (χ3v) is 1.99. The molecule has 0 aromatic carbocycles. The number of nitrogens with zero attached hydrogens (tertiary/aromatic N) is 2. The van der Waals surface area contributed by atoms with Crippen LogP contribution in [0.3, 0.4) is 0 Å². The van der Waals surface area contributed by atoms with E-state index in [1.165, 1.54) is 0 Å². The topological polar surface area (TPSA) is 51.3 Å². The summed E-state index contributed by atoms with van der Waals surface area (Å²) >= 11 is 0. The van der Waals surface area contributed by atoms with E-state index in [4.69, 9.17) is 5.73 Å². The Morgan fingerprint density at radius 3 is 2.71 bits per heavy atom. The number of aromatic nitrogens is 1. The van der Waals surface area contributed by atoms with E-state index in [0.717, 1.165) is 11.3 Å². The van der Waals surface area contributed by atoms with Gasteiger partial charge in [0.05, 0.1) is 18.1 Å². The number of rotatable bonds is 3. The molecule has 3 heteroatoms. The first-order valence-corrected chi connectivity index (χ1v) is 4.81. The van der Waals surface area contributed by atoms with Gasteiger partial charge in [0.25, 0.3) is 0 Å². The fraction of sp³-hybridized carbons (Fsp3) is 0.455. The van der Waals surface area contributed by atoms with E-state index >= 15 is 0 Å². The predicted octanol–water partition coefficient (Wildman–Crippen LogP) is 1.90. The SMILES string of the molecule is Cc1ccc(CN=C(N)C(C)C)nc1. The second-order valence-electron chi connectivity index (χ2n) is 3.72. The van der Waals surface area contributed by atoms with Crippen LogP contribution in [-0.4, -0.2) is 10.8 Å². The molecule has 0 unspecified atom stereocenters. The Morgan fingerprint density at radius 1 is 1.50 bits per heavy atom. The summed E-state index contributed by atoms with van der Waals surface area (Å²) in [4.78, 5) is 8.50.